The second-order valence-corrected chi connectivity index (χ2v) is 12.0. The van der Waals surface area contributed by atoms with Crippen molar-refractivity contribution in [2.45, 2.75) is 51.1 Å². The number of ether oxygens (including phenoxy) is 1. The molecule has 0 aliphatic carbocycles. The third kappa shape index (κ3) is 5.42. The van der Waals surface area contributed by atoms with Crippen LogP contribution in [0.5, 0.6) is 0 Å². The molecule has 0 bridgehead atoms. The zero-order valence-corrected chi connectivity index (χ0v) is 17.9. The van der Waals surface area contributed by atoms with Crippen LogP contribution in [0.2, 0.25) is 0 Å². The van der Waals surface area contributed by atoms with Crippen molar-refractivity contribution >= 4 is 20.0 Å². The molecule has 0 N–H and O–H groups in total. The van der Waals surface area contributed by atoms with Gasteiger partial charge >= 0.3 is 0 Å². The fourth-order valence-electron chi connectivity index (χ4n) is 4.31. The topological polar surface area (TPSA) is 87.2 Å². The maximum absolute atomic E-state index is 13.4. The highest BCUT2D eigenvalue weighted by atomic mass is 32.2. The molecule has 3 aliphatic heterocycles. The first-order chi connectivity index (χ1) is 12.8. The Labute approximate surface area is 163 Å². The average Bonchev–Trinajstić information content (AvgIpc) is 2.99. The second-order valence-electron chi connectivity index (χ2n) is 7.94. The molecule has 3 saturated heterocycles. The van der Waals surface area contributed by atoms with Crippen molar-refractivity contribution in [3.05, 3.63) is 0 Å². The molecule has 8 nitrogen and oxygen atoms in total. The van der Waals surface area contributed by atoms with Crippen LogP contribution in [0.1, 0.15) is 39.0 Å². The Balaban J connectivity index is 1.70. The van der Waals surface area contributed by atoms with E-state index in [1.807, 2.05) is 6.92 Å². The third-order valence-electron chi connectivity index (χ3n) is 5.91. The van der Waals surface area contributed by atoms with Crippen molar-refractivity contribution in [1.29, 1.82) is 0 Å². The van der Waals surface area contributed by atoms with Crippen LogP contribution in [0.3, 0.4) is 0 Å². The highest BCUT2D eigenvalue weighted by Gasteiger charge is 2.42. The van der Waals surface area contributed by atoms with Crippen molar-refractivity contribution in [2.24, 2.45) is 0 Å². The monoisotopic (exact) mass is 423 g/mol. The van der Waals surface area contributed by atoms with E-state index in [1.54, 1.807) is 4.31 Å². The largest absolute Gasteiger partial charge is 0.379 e. The Morgan fingerprint density at radius 1 is 1.11 bits per heavy atom. The average molecular weight is 424 g/mol. The summed E-state index contributed by atoms with van der Waals surface area (Å²) in [6.45, 7) is 6.84. The lowest BCUT2D eigenvalue weighted by molar-refractivity contribution is 0.0366. The zero-order valence-electron chi connectivity index (χ0n) is 16.3. The lowest BCUT2D eigenvalue weighted by Gasteiger charge is -2.38. The molecule has 3 heterocycles. The molecular weight excluding hydrogens is 390 g/mol. The van der Waals surface area contributed by atoms with Gasteiger partial charge in [-0.3, -0.25) is 4.90 Å². The Bertz CT molecular complexity index is 691. The summed E-state index contributed by atoms with van der Waals surface area (Å²) in [4.78, 5) is 2.28. The van der Waals surface area contributed by atoms with E-state index in [0.29, 0.717) is 39.1 Å². The highest BCUT2D eigenvalue weighted by Crippen LogP contribution is 2.27. The number of nitrogens with zero attached hydrogens (tertiary/aromatic N) is 3. The van der Waals surface area contributed by atoms with Gasteiger partial charge < -0.3 is 4.74 Å². The molecule has 27 heavy (non-hydrogen) atoms. The standard InChI is InChI=1S/C17H33N3O5S2/c1-16-5-2-3-8-19(16)27(23,24)20(17-6-14-26(21,22)15-17)9-4-7-18-10-12-25-13-11-18/h16-17H,2-15H2,1H3. The smallest absolute Gasteiger partial charge is 0.282 e. The van der Waals surface area contributed by atoms with E-state index in [4.69, 9.17) is 4.74 Å². The van der Waals surface area contributed by atoms with Crippen LogP contribution in [-0.2, 0) is 24.8 Å². The van der Waals surface area contributed by atoms with Crippen molar-refractivity contribution in [3.63, 3.8) is 0 Å². The molecule has 3 rings (SSSR count). The molecule has 158 valence electrons. The summed E-state index contributed by atoms with van der Waals surface area (Å²) in [5, 5.41) is 0. The first kappa shape index (κ1) is 21.4. The van der Waals surface area contributed by atoms with E-state index < -0.39 is 26.1 Å². The molecule has 0 aromatic rings. The quantitative estimate of drug-likeness (QED) is 0.586. The van der Waals surface area contributed by atoms with E-state index in [2.05, 4.69) is 4.90 Å². The molecule has 0 spiro atoms. The molecule has 0 amide bonds. The lowest BCUT2D eigenvalue weighted by atomic mass is 10.1. The summed E-state index contributed by atoms with van der Waals surface area (Å²) in [6.07, 6.45) is 3.89. The second kappa shape index (κ2) is 9.04. The molecule has 0 saturated carbocycles. The minimum Gasteiger partial charge on any atom is -0.379 e. The maximum Gasteiger partial charge on any atom is 0.282 e. The number of piperidine rings is 1. The molecule has 0 aromatic carbocycles. The van der Waals surface area contributed by atoms with E-state index >= 15 is 0 Å². The van der Waals surface area contributed by atoms with Gasteiger partial charge in [-0.2, -0.15) is 17.0 Å². The fourth-order valence-corrected chi connectivity index (χ4v) is 8.24. The van der Waals surface area contributed by atoms with Crippen LogP contribution in [0.25, 0.3) is 0 Å². The molecule has 10 heteroatoms. The van der Waals surface area contributed by atoms with Gasteiger partial charge in [-0.15, -0.1) is 0 Å². The van der Waals surface area contributed by atoms with Crippen LogP contribution >= 0.6 is 0 Å². The molecular formula is C17H33N3O5S2. The summed E-state index contributed by atoms with van der Waals surface area (Å²) in [6, 6.07) is -0.456. The van der Waals surface area contributed by atoms with Crippen molar-refractivity contribution in [2.75, 3.05) is 57.4 Å². The highest BCUT2D eigenvalue weighted by molar-refractivity contribution is 7.91. The van der Waals surface area contributed by atoms with Gasteiger partial charge in [0.1, 0.15) is 0 Å². The Morgan fingerprint density at radius 3 is 2.48 bits per heavy atom. The van der Waals surface area contributed by atoms with Gasteiger partial charge in [0.2, 0.25) is 0 Å². The van der Waals surface area contributed by atoms with Crippen molar-refractivity contribution in [3.8, 4) is 0 Å². The van der Waals surface area contributed by atoms with E-state index in [1.165, 1.54) is 4.31 Å². The van der Waals surface area contributed by atoms with Crippen molar-refractivity contribution in [1.82, 2.24) is 13.5 Å². The summed E-state index contributed by atoms with van der Waals surface area (Å²) < 4.78 is 59.2. The molecule has 2 atom stereocenters. The third-order valence-corrected chi connectivity index (χ3v) is 9.87. The summed E-state index contributed by atoms with van der Waals surface area (Å²) in [5.74, 6) is 0.0364. The van der Waals surface area contributed by atoms with Gasteiger partial charge in [-0.25, -0.2) is 8.42 Å². The first-order valence-corrected chi connectivity index (χ1v) is 13.3. The van der Waals surface area contributed by atoms with Gasteiger partial charge in [0, 0.05) is 38.3 Å². The predicted molar refractivity (Wildman–Crippen MR) is 105 cm³/mol. The summed E-state index contributed by atoms with van der Waals surface area (Å²) in [7, 11) is -6.79. The van der Waals surface area contributed by atoms with Crippen LogP contribution < -0.4 is 0 Å². The Kier molecular flexibility index (Phi) is 7.18. The fraction of sp³-hybridized carbons (Fsp3) is 1.00. The molecule has 3 aliphatic rings. The summed E-state index contributed by atoms with van der Waals surface area (Å²) >= 11 is 0. The zero-order chi connectivity index (χ0) is 19.5. The Morgan fingerprint density at radius 2 is 1.85 bits per heavy atom. The van der Waals surface area contributed by atoms with Gasteiger partial charge in [-0.1, -0.05) is 6.42 Å². The maximum atomic E-state index is 13.4. The van der Waals surface area contributed by atoms with Crippen LogP contribution in [0, 0.1) is 0 Å². The summed E-state index contributed by atoms with van der Waals surface area (Å²) in [5.41, 5.74) is 0. The molecule has 2 unspecified atom stereocenters. The first-order valence-electron chi connectivity index (χ1n) is 10.1. The number of sulfone groups is 1. The number of hydrogen-bond donors (Lipinski definition) is 0. The van der Waals surface area contributed by atoms with E-state index in [0.717, 1.165) is 38.9 Å². The van der Waals surface area contributed by atoms with Gasteiger partial charge in [0.15, 0.2) is 9.84 Å². The lowest BCUT2D eigenvalue weighted by Crippen LogP contribution is -2.53. The number of morpholine rings is 1. The van der Waals surface area contributed by atoms with Gasteiger partial charge in [-0.05, 0) is 39.2 Å². The SMILES string of the molecule is CC1CCCCN1S(=O)(=O)N(CCCN1CCOCC1)C1CCS(=O)(=O)C1. The molecule has 3 fully saturated rings. The van der Waals surface area contributed by atoms with Crippen LogP contribution in [-0.4, -0.2) is 99.9 Å². The number of rotatable bonds is 7. The Hall–Kier alpha value is -0.260. The van der Waals surface area contributed by atoms with Crippen LogP contribution in [0.4, 0.5) is 0 Å². The minimum absolute atomic E-state index is 0.0245. The van der Waals surface area contributed by atoms with E-state index in [9.17, 15) is 16.8 Å². The van der Waals surface area contributed by atoms with E-state index in [-0.39, 0.29) is 17.5 Å². The normalized spacial score (nSPS) is 30.7. The van der Waals surface area contributed by atoms with Gasteiger partial charge in [0.05, 0.1) is 24.7 Å². The van der Waals surface area contributed by atoms with Gasteiger partial charge in [0.25, 0.3) is 10.2 Å². The van der Waals surface area contributed by atoms with Crippen LogP contribution in [0.15, 0.2) is 0 Å². The van der Waals surface area contributed by atoms with Crippen molar-refractivity contribution < 1.29 is 21.6 Å². The molecule has 0 aromatic heterocycles. The number of hydrogen-bond acceptors (Lipinski definition) is 6. The minimum atomic E-state index is -3.65. The molecule has 0 radical (unpaired) electrons. The predicted octanol–water partition coefficient (Wildman–Crippen LogP) is 0.317.